The smallest absolute Gasteiger partial charge is 0.248 e. The van der Waals surface area contributed by atoms with Crippen LogP contribution in [0.2, 0.25) is 0 Å². The number of nitrogens with zero attached hydrogens (tertiary/aromatic N) is 2. The zero-order valence-electron chi connectivity index (χ0n) is 18.8. The van der Waals surface area contributed by atoms with Crippen LogP contribution in [0.15, 0.2) is 58.2 Å². The van der Waals surface area contributed by atoms with E-state index < -0.39 is 10.0 Å². The number of piperazine rings is 1. The molecule has 0 atom stereocenters. The van der Waals surface area contributed by atoms with E-state index in [4.69, 9.17) is 0 Å². The number of benzene rings is 2. The highest BCUT2D eigenvalue weighted by atomic mass is 32.2. The summed E-state index contributed by atoms with van der Waals surface area (Å²) in [6.45, 7) is 6.93. The summed E-state index contributed by atoms with van der Waals surface area (Å²) in [6.07, 6.45) is 0.101. The monoisotopic (exact) mass is 468 g/mol. The van der Waals surface area contributed by atoms with Crippen molar-refractivity contribution >= 4 is 32.5 Å². The van der Waals surface area contributed by atoms with E-state index in [0.29, 0.717) is 24.0 Å². The first-order chi connectivity index (χ1) is 15.7. The van der Waals surface area contributed by atoms with Crippen LogP contribution in [0, 0.1) is 13.8 Å². The molecule has 0 saturated carbocycles. The number of carbonyl (C=O) groups excluding carboxylic acids is 1. The van der Waals surface area contributed by atoms with Gasteiger partial charge in [-0.05, 0) is 55.1 Å². The third kappa shape index (κ3) is 5.26. The van der Waals surface area contributed by atoms with Gasteiger partial charge in [-0.25, -0.2) is 13.1 Å². The molecule has 2 N–H and O–H groups in total. The lowest BCUT2D eigenvalue weighted by Crippen LogP contribution is -2.49. The first-order valence-electron chi connectivity index (χ1n) is 11.0. The maximum Gasteiger partial charge on any atom is 0.248 e. The van der Waals surface area contributed by atoms with Gasteiger partial charge >= 0.3 is 0 Å². The molecule has 0 bridgehead atoms. The van der Waals surface area contributed by atoms with E-state index in [0.717, 1.165) is 13.1 Å². The van der Waals surface area contributed by atoms with E-state index in [1.54, 1.807) is 17.0 Å². The number of H-pyrrole nitrogens is 1. The summed E-state index contributed by atoms with van der Waals surface area (Å²) in [5.41, 5.74) is 3.97. The van der Waals surface area contributed by atoms with Crippen molar-refractivity contribution in [1.82, 2.24) is 14.6 Å². The van der Waals surface area contributed by atoms with Crippen LogP contribution in [0.25, 0.3) is 10.9 Å². The Morgan fingerprint density at radius 2 is 1.76 bits per heavy atom. The average molecular weight is 469 g/mol. The summed E-state index contributed by atoms with van der Waals surface area (Å²) in [5.74, 6) is -0.0611. The number of nitrogens with one attached hydrogen (secondary N) is 2. The molecule has 33 heavy (non-hydrogen) atoms. The summed E-state index contributed by atoms with van der Waals surface area (Å²) < 4.78 is 27.8. The minimum absolute atomic E-state index is 0.0299. The van der Waals surface area contributed by atoms with Crippen molar-refractivity contribution in [3.8, 4) is 0 Å². The molecule has 2 heterocycles. The van der Waals surface area contributed by atoms with Crippen LogP contribution in [0.5, 0.6) is 0 Å². The number of aromatic nitrogens is 1. The number of sulfonamides is 1. The van der Waals surface area contributed by atoms with Gasteiger partial charge in [0.25, 0.3) is 0 Å². The predicted octanol–water partition coefficient (Wildman–Crippen LogP) is 2.16. The summed E-state index contributed by atoms with van der Waals surface area (Å²) in [4.78, 5) is 30.8. The minimum atomic E-state index is -3.76. The Labute approximate surface area is 193 Å². The molecule has 3 aromatic rings. The molecule has 1 saturated heterocycles. The molecule has 1 aliphatic heterocycles. The van der Waals surface area contributed by atoms with Crippen molar-refractivity contribution in [3.05, 3.63) is 70.0 Å². The fourth-order valence-electron chi connectivity index (χ4n) is 4.19. The largest absolute Gasteiger partial charge is 0.368 e. The maximum absolute atomic E-state index is 12.6. The van der Waals surface area contributed by atoms with Gasteiger partial charge in [-0.3, -0.25) is 9.59 Å². The van der Waals surface area contributed by atoms with E-state index in [1.165, 1.54) is 35.0 Å². The number of pyridine rings is 1. The lowest BCUT2D eigenvalue weighted by molar-refractivity contribution is -0.131. The van der Waals surface area contributed by atoms with Crippen molar-refractivity contribution in [1.29, 1.82) is 0 Å². The Morgan fingerprint density at radius 3 is 2.48 bits per heavy atom. The van der Waals surface area contributed by atoms with Crippen molar-refractivity contribution < 1.29 is 13.2 Å². The lowest BCUT2D eigenvalue weighted by Gasteiger charge is -2.37. The number of amides is 1. The number of hydrogen-bond donors (Lipinski definition) is 2. The number of aromatic amines is 1. The van der Waals surface area contributed by atoms with E-state index >= 15 is 0 Å². The molecule has 1 aromatic heterocycles. The van der Waals surface area contributed by atoms with Gasteiger partial charge in [-0.2, -0.15) is 0 Å². The second-order valence-corrected chi connectivity index (χ2v) is 10.1. The van der Waals surface area contributed by atoms with E-state index in [2.05, 4.69) is 46.7 Å². The highest BCUT2D eigenvalue weighted by molar-refractivity contribution is 7.89. The second-order valence-electron chi connectivity index (χ2n) is 8.38. The fraction of sp³-hybridized carbons (Fsp3) is 0.333. The van der Waals surface area contributed by atoms with Gasteiger partial charge in [0.15, 0.2) is 0 Å². The van der Waals surface area contributed by atoms with Crippen molar-refractivity contribution in [3.63, 3.8) is 0 Å². The van der Waals surface area contributed by atoms with Gasteiger partial charge in [0.1, 0.15) is 0 Å². The molecule has 2 aromatic carbocycles. The molecular weight excluding hydrogens is 440 g/mol. The molecule has 1 aliphatic rings. The van der Waals surface area contributed by atoms with Crippen LogP contribution in [0.4, 0.5) is 5.69 Å². The van der Waals surface area contributed by atoms with Gasteiger partial charge in [0.2, 0.25) is 21.5 Å². The molecule has 174 valence electrons. The third-order valence-electron chi connectivity index (χ3n) is 5.96. The summed E-state index contributed by atoms with van der Waals surface area (Å²) >= 11 is 0. The highest BCUT2D eigenvalue weighted by Gasteiger charge is 2.22. The highest BCUT2D eigenvalue weighted by Crippen LogP contribution is 2.22. The Balaban J connectivity index is 1.30. The quantitative estimate of drug-likeness (QED) is 0.577. The number of carbonyl (C=O) groups is 1. The van der Waals surface area contributed by atoms with Crippen LogP contribution in [0.3, 0.4) is 0 Å². The van der Waals surface area contributed by atoms with Gasteiger partial charge in [0, 0.05) is 56.4 Å². The van der Waals surface area contributed by atoms with Crippen molar-refractivity contribution in [2.75, 3.05) is 37.6 Å². The number of fused-ring (bicyclic) bond motifs is 1. The van der Waals surface area contributed by atoms with E-state index in [9.17, 15) is 18.0 Å². The predicted molar refractivity (Wildman–Crippen MR) is 129 cm³/mol. The zero-order chi connectivity index (χ0) is 23.6. The van der Waals surface area contributed by atoms with E-state index in [1.807, 2.05) is 0 Å². The number of aryl methyl sites for hydroxylation is 2. The topological polar surface area (TPSA) is 103 Å². The Kier molecular flexibility index (Phi) is 6.53. The first-order valence-corrected chi connectivity index (χ1v) is 12.4. The second kappa shape index (κ2) is 9.36. The Hall–Kier alpha value is -3.17. The Morgan fingerprint density at radius 1 is 1.00 bits per heavy atom. The molecule has 0 unspecified atom stereocenters. The van der Waals surface area contributed by atoms with Crippen molar-refractivity contribution in [2.45, 2.75) is 25.2 Å². The average Bonchev–Trinajstić information content (AvgIpc) is 2.78. The molecule has 9 heteroatoms. The molecule has 0 aliphatic carbocycles. The summed E-state index contributed by atoms with van der Waals surface area (Å²) in [6, 6.07) is 13.8. The van der Waals surface area contributed by atoms with Gasteiger partial charge in [-0.15, -0.1) is 0 Å². The van der Waals surface area contributed by atoms with Gasteiger partial charge in [0.05, 0.1) is 4.90 Å². The van der Waals surface area contributed by atoms with Crippen LogP contribution in [-0.4, -0.2) is 56.9 Å². The van der Waals surface area contributed by atoms with E-state index in [-0.39, 0.29) is 29.3 Å². The normalized spacial score (nSPS) is 14.6. The molecule has 1 amide bonds. The van der Waals surface area contributed by atoms with Crippen LogP contribution in [-0.2, 0) is 14.8 Å². The molecule has 0 spiro atoms. The molecule has 4 rings (SSSR count). The summed E-state index contributed by atoms with van der Waals surface area (Å²) in [5, 5.41) is 0.621. The first kappa shape index (κ1) is 23.0. The van der Waals surface area contributed by atoms with Crippen LogP contribution < -0.4 is 15.2 Å². The SMILES string of the molecule is Cc1ccc(N2CCN(C(=O)CCNS(=O)(=O)c3ccc4[nH]c(=O)ccc4c3)CC2)c(C)c1. The van der Waals surface area contributed by atoms with Gasteiger partial charge in [-0.1, -0.05) is 17.7 Å². The fourth-order valence-corrected chi connectivity index (χ4v) is 5.26. The molecule has 0 radical (unpaired) electrons. The lowest BCUT2D eigenvalue weighted by atomic mass is 10.1. The number of hydrogen-bond acceptors (Lipinski definition) is 5. The number of rotatable bonds is 6. The number of anilines is 1. The Bertz CT molecular complexity index is 1340. The third-order valence-corrected chi connectivity index (χ3v) is 7.42. The van der Waals surface area contributed by atoms with Crippen molar-refractivity contribution in [2.24, 2.45) is 0 Å². The van der Waals surface area contributed by atoms with Crippen LogP contribution in [0.1, 0.15) is 17.5 Å². The standard InChI is InChI=1S/C24H28N4O4S/c1-17-3-7-22(18(2)15-17)27-11-13-28(14-12-27)24(30)9-10-25-33(31,32)20-5-6-21-19(16-20)4-8-23(29)26-21/h3-8,15-16,25H,9-14H2,1-2H3,(H,26,29). The summed E-state index contributed by atoms with van der Waals surface area (Å²) in [7, 11) is -3.76. The minimum Gasteiger partial charge on any atom is -0.368 e. The maximum atomic E-state index is 12.6. The zero-order valence-corrected chi connectivity index (χ0v) is 19.6. The molecule has 8 nitrogen and oxygen atoms in total. The molecule has 1 fully saturated rings. The van der Waals surface area contributed by atoms with Crippen LogP contribution >= 0.6 is 0 Å². The molecular formula is C24H28N4O4S. The van der Waals surface area contributed by atoms with Gasteiger partial charge < -0.3 is 14.8 Å².